The van der Waals surface area contributed by atoms with Crippen LogP contribution < -0.4 is 9.92 Å². The molecule has 5 heteroatoms. The summed E-state index contributed by atoms with van der Waals surface area (Å²) in [5.74, 6) is 1.77. The number of aryl methyl sites for hydroxylation is 1. The van der Waals surface area contributed by atoms with Crippen molar-refractivity contribution in [3.05, 3.63) is 24.0 Å². The molecule has 1 aromatic carbocycles. The van der Waals surface area contributed by atoms with Gasteiger partial charge in [0.25, 0.3) is 0 Å². The molecule has 0 bridgehead atoms. The molecular formula is C9H9N3OS. The van der Waals surface area contributed by atoms with E-state index in [1.807, 2.05) is 6.07 Å². The fourth-order valence-electron chi connectivity index (χ4n) is 1.31. The van der Waals surface area contributed by atoms with Crippen LogP contribution in [0.25, 0.3) is 10.9 Å². The Kier molecular flexibility index (Phi) is 2.17. The average Bonchev–Trinajstić information content (AvgIpc) is 2.16. The summed E-state index contributed by atoms with van der Waals surface area (Å²) in [5.41, 5.74) is 6.50. The lowest BCUT2D eigenvalue weighted by Crippen LogP contribution is -1.97. The molecule has 2 N–H and O–H groups in total. The van der Waals surface area contributed by atoms with Crippen molar-refractivity contribution in [3.63, 3.8) is 0 Å². The summed E-state index contributed by atoms with van der Waals surface area (Å²) >= 11 is 3.71. The lowest BCUT2D eigenvalue weighted by molar-refractivity contribution is 0.660. The second-order valence-electron chi connectivity index (χ2n) is 2.93. The Bertz CT molecular complexity index is 487. The molecule has 0 saturated heterocycles. The van der Waals surface area contributed by atoms with E-state index in [0.29, 0.717) is 17.4 Å². The van der Waals surface area contributed by atoms with Gasteiger partial charge in [0.15, 0.2) is 0 Å². The Hall–Kier alpha value is -1.49. The highest BCUT2D eigenvalue weighted by molar-refractivity contribution is 7.75. The molecular weight excluding hydrogens is 198 g/mol. The Morgan fingerprint density at radius 1 is 1.36 bits per heavy atom. The van der Waals surface area contributed by atoms with Gasteiger partial charge in [0, 0.05) is 24.4 Å². The van der Waals surface area contributed by atoms with Crippen LogP contribution in [-0.2, 0) is 0 Å². The molecule has 0 unspecified atom stereocenters. The second-order valence-corrected chi connectivity index (χ2v) is 3.11. The number of hydrogen-bond donors (Lipinski definition) is 2. The fourth-order valence-corrected chi connectivity index (χ4v) is 1.42. The van der Waals surface area contributed by atoms with Gasteiger partial charge in [-0.2, -0.15) is 0 Å². The number of fused-ring (bicyclic) bond motifs is 1. The molecule has 72 valence electrons. The zero-order chi connectivity index (χ0) is 10.1. The SMILES string of the molecule is Cc1nc(N)c2ccc(OS)cc2n1. The highest BCUT2D eigenvalue weighted by Crippen LogP contribution is 2.23. The molecule has 0 atom stereocenters. The summed E-state index contributed by atoms with van der Waals surface area (Å²) in [6.07, 6.45) is 0. The molecule has 4 nitrogen and oxygen atoms in total. The van der Waals surface area contributed by atoms with Crippen molar-refractivity contribution in [2.45, 2.75) is 6.92 Å². The third-order valence-corrected chi connectivity index (χ3v) is 2.13. The number of thiol groups is 1. The molecule has 0 aliphatic carbocycles. The molecule has 0 saturated carbocycles. The number of rotatable bonds is 1. The quantitative estimate of drug-likeness (QED) is 0.552. The van der Waals surface area contributed by atoms with Gasteiger partial charge in [-0.25, -0.2) is 9.97 Å². The fraction of sp³-hybridized carbons (Fsp3) is 0.111. The number of nitrogens with zero attached hydrogens (tertiary/aromatic N) is 2. The van der Waals surface area contributed by atoms with Crippen LogP contribution >= 0.6 is 12.9 Å². The molecule has 0 aliphatic rings. The topological polar surface area (TPSA) is 61.0 Å². The maximum atomic E-state index is 5.74. The lowest BCUT2D eigenvalue weighted by atomic mass is 10.2. The van der Waals surface area contributed by atoms with Gasteiger partial charge in [0.2, 0.25) is 0 Å². The van der Waals surface area contributed by atoms with Crippen LogP contribution in [0.4, 0.5) is 5.82 Å². The van der Waals surface area contributed by atoms with E-state index in [9.17, 15) is 0 Å². The number of hydrogen-bond acceptors (Lipinski definition) is 5. The van der Waals surface area contributed by atoms with E-state index in [1.165, 1.54) is 0 Å². The first-order chi connectivity index (χ1) is 6.70. The van der Waals surface area contributed by atoms with Gasteiger partial charge in [-0.3, -0.25) is 0 Å². The minimum atomic E-state index is 0.484. The number of benzene rings is 1. The van der Waals surface area contributed by atoms with E-state index in [4.69, 9.17) is 9.92 Å². The van der Waals surface area contributed by atoms with Crippen molar-refractivity contribution in [3.8, 4) is 5.75 Å². The normalized spacial score (nSPS) is 10.4. The third kappa shape index (κ3) is 1.46. The first-order valence-electron chi connectivity index (χ1n) is 4.06. The smallest absolute Gasteiger partial charge is 0.139 e. The highest BCUT2D eigenvalue weighted by atomic mass is 32.1. The average molecular weight is 207 g/mol. The van der Waals surface area contributed by atoms with Crippen LogP contribution in [0.1, 0.15) is 5.82 Å². The summed E-state index contributed by atoms with van der Waals surface area (Å²) in [6, 6.07) is 5.35. The van der Waals surface area contributed by atoms with Gasteiger partial charge in [-0.1, -0.05) is 0 Å². The van der Waals surface area contributed by atoms with Gasteiger partial charge < -0.3 is 9.92 Å². The van der Waals surface area contributed by atoms with E-state index in [1.54, 1.807) is 19.1 Å². The van der Waals surface area contributed by atoms with Crippen molar-refractivity contribution in [1.29, 1.82) is 0 Å². The Morgan fingerprint density at radius 3 is 2.86 bits per heavy atom. The van der Waals surface area contributed by atoms with E-state index < -0.39 is 0 Å². The van der Waals surface area contributed by atoms with Gasteiger partial charge in [-0.15, -0.1) is 0 Å². The standard InChI is InChI=1S/C9H9N3OS/c1-5-11-8-4-6(13-14)2-3-7(8)9(10)12-5/h2-4,14H,1H3,(H2,10,11,12). The van der Waals surface area contributed by atoms with Crippen molar-refractivity contribution < 1.29 is 4.18 Å². The Morgan fingerprint density at radius 2 is 2.14 bits per heavy atom. The summed E-state index contributed by atoms with van der Waals surface area (Å²) in [4.78, 5) is 8.30. The van der Waals surface area contributed by atoms with Crippen LogP contribution in [0.2, 0.25) is 0 Å². The first-order valence-corrected chi connectivity index (χ1v) is 4.42. The second kappa shape index (κ2) is 3.34. The van der Waals surface area contributed by atoms with Gasteiger partial charge in [0.05, 0.1) is 5.52 Å². The molecule has 0 fully saturated rings. The lowest BCUT2D eigenvalue weighted by Gasteiger charge is -2.03. The van der Waals surface area contributed by atoms with Crippen LogP contribution in [0.15, 0.2) is 18.2 Å². The highest BCUT2D eigenvalue weighted by Gasteiger charge is 2.03. The summed E-state index contributed by atoms with van der Waals surface area (Å²) in [7, 11) is 0. The zero-order valence-electron chi connectivity index (χ0n) is 7.56. The maximum absolute atomic E-state index is 5.74. The molecule has 0 amide bonds. The van der Waals surface area contributed by atoms with Gasteiger partial charge >= 0.3 is 0 Å². The molecule has 14 heavy (non-hydrogen) atoms. The van der Waals surface area contributed by atoms with E-state index in [2.05, 4.69) is 22.9 Å². The summed E-state index contributed by atoms with van der Waals surface area (Å²) in [6.45, 7) is 1.80. The van der Waals surface area contributed by atoms with Crippen LogP contribution in [0.5, 0.6) is 5.75 Å². The molecule has 2 rings (SSSR count). The summed E-state index contributed by atoms with van der Waals surface area (Å²) in [5, 5.41) is 0.824. The van der Waals surface area contributed by atoms with Crippen LogP contribution in [-0.4, -0.2) is 9.97 Å². The summed E-state index contributed by atoms with van der Waals surface area (Å²) < 4.78 is 4.80. The third-order valence-electron chi connectivity index (χ3n) is 1.92. The number of aromatic nitrogens is 2. The maximum Gasteiger partial charge on any atom is 0.139 e. The molecule has 2 aromatic rings. The monoisotopic (exact) mass is 207 g/mol. The largest absolute Gasteiger partial charge is 0.429 e. The predicted octanol–water partition coefficient (Wildman–Crippen LogP) is 1.74. The number of nitrogens with two attached hydrogens (primary N) is 1. The van der Waals surface area contributed by atoms with Crippen LogP contribution in [0.3, 0.4) is 0 Å². The zero-order valence-corrected chi connectivity index (χ0v) is 8.45. The molecule has 0 aliphatic heterocycles. The number of anilines is 1. The minimum absolute atomic E-state index is 0.484. The van der Waals surface area contributed by atoms with Crippen molar-refractivity contribution >= 4 is 29.6 Å². The molecule has 0 radical (unpaired) electrons. The van der Waals surface area contributed by atoms with Crippen molar-refractivity contribution in [1.82, 2.24) is 9.97 Å². The van der Waals surface area contributed by atoms with Crippen molar-refractivity contribution in [2.75, 3.05) is 5.73 Å². The van der Waals surface area contributed by atoms with Gasteiger partial charge in [0.1, 0.15) is 17.4 Å². The van der Waals surface area contributed by atoms with E-state index in [-0.39, 0.29) is 0 Å². The van der Waals surface area contributed by atoms with E-state index >= 15 is 0 Å². The van der Waals surface area contributed by atoms with E-state index in [0.717, 1.165) is 10.9 Å². The Labute approximate surface area is 86.7 Å². The van der Waals surface area contributed by atoms with Gasteiger partial charge in [-0.05, 0) is 19.1 Å². The number of nitrogen functional groups attached to an aromatic ring is 1. The minimum Gasteiger partial charge on any atom is -0.429 e. The molecule has 1 aromatic heterocycles. The first kappa shape index (κ1) is 9.08. The molecule has 0 spiro atoms. The van der Waals surface area contributed by atoms with Crippen LogP contribution in [0, 0.1) is 6.92 Å². The Balaban J connectivity index is 2.75. The molecule has 1 heterocycles. The van der Waals surface area contributed by atoms with Crippen molar-refractivity contribution in [2.24, 2.45) is 0 Å². The predicted molar refractivity (Wildman–Crippen MR) is 58.3 cm³/mol.